The second-order valence-electron chi connectivity index (χ2n) is 4.93. The van der Waals surface area contributed by atoms with Crippen molar-refractivity contribution in [1.82, 2.24) is 15.0 Å². The van der Waals surface area contributed by atoms with Crippen molar-refractivity contribution >= 4 is 17.7 Å². The molecule has 3 rings (SSSR count). The molecule has 2 aromatic rings. The van der Waals surface area contributed by atoms with Crippen LogP contribution in [0.2, 0.25) is 0 Å². The molecule has 0 bridgehead atoms. The molecule has 116 valence electrons. The molecule has 1 aliphatic rings. The number of para-hydroxylation sites is 1. The fourth-order valence-corrected chi connectivity index (χ4v) is 3.19. The second kappa shape index (κ2) is 7.42. The lowest BCUT2D eigenvalue weighted by atomic mass is 10.3. The Morgan fingerprint density at radius 1 is 1.32 bits per heavy atom. The van der Waals surface area contributed by atoms with E-state index in [0.29, 0.717) is 38.5 Å². The van der Waals surface area contributed by atoms with E-state index >= 15 is 0 Å². The van der Waals surface area contributed by atoms with Gasteiger partial charge in [-0.1, -0.05) is 18.2 Å². The minimum atomic E-state index is 0.192. The van der Waals surface area contributed by atoms with Crippen LogP contribution in [0.5, 0.6) is 0 Å². The Hall–Kier alpha value is -1.86. The molecular weight excluding hydrogens is 300 g/mol. The van der Waals surface area contributed by atoms with Crippen LogP contribution in [0.4, 0.5) is 0 Å². The van der Waals surface area contributed by atoms with Crippen molar-refractivity contribution < 1.29 is 14.2 Å². The maximum Gasteiger partial charge on any atom is 0.385 e. The van der Waals surface area contributed by atoms with Crippen LogP contribution >= 0.6 is 11.8 Å². The Balaban J connectivity index is 1.54. The van der Waals surface area contributed by atoms with E-state index in [1.54, 1.807) is 18.1 Å². The number of rotatable bonds is 5. The zero-order chi connectivity index (χ0) is 15.2. The first-order chi connectivity index (χ1) is 10.8. The monoisotopic (exact) mass is 319 g/mol. The molecule has 1 aromatic carbocycles. The smallest absolute Gasteiger partial charge is 0.378 e. The van der Waals surface area contributed by atoms with Crippen LogP contribution in [-0.4, -0.2) is 52.9 Å². The number of morpholine rings is 1. The van der Waals surface area contributed by atoms with E-state index in [1.165, 1.54) is 0 Å². The van der Waals surface area contributed by atoms with Crippen molar-refractivity contribution in [3.8, 4) is 5.69 Å². The average Bonchev–Trinajstić information content (AvgIpc) is 3.05. The Kier molecular flexibility index (Phi) is 5.07. The van der Waals surface area contributed by atoms with Crippen molar-refractivity contribution in [2.75, 3.05) is 32.1 Å². The minimum absolute atomic E-state index is 0.192. The first-order valence-corrected chi connectivity index (χ1v) is 8.32. The summed E-state index contributed by atoms with van der Waals surface area (Å²) in [5, 5.41) is 3.96. The van der Waals surface area contributed by atoms with Gasteiger partial charge in [0, 0.05) is 25.3 Å². The van der Waals surface area contributed by atoms with Gasteiger partial charge in [-0.25, -0.2) is 0 Å². The van der Waals surface area contributed by atoms with Crippen LogP contribution in [-0.2, 0) is 9.53 Å². The third-order valence-electron chi connectivity index (χ3n) is 3.48. The normalized spacial score (nSPS) is 15.0. The Bertz CT molecular complexity index is 611. The van der Waals surface area contributed by atoms with Crippen LogP contribution in [0.25, 0.3) is 5.69 Å². The highest BCUT2D eigenvalue weighted by atomic mass is 32.2. The van der Waals surface area contributed by atoms with E-state index in [-0.39, 0.29) is 5.91 Å². The fraction of sp³-hybridized carbons (Fsp3) is 0.400. The molecule has 1 amide bonds. The highest BCUT2D eigenvalue weighted by Crippen LogP contribution is 2.14. The molecule has 0 spiro atoms. The van der Waals surface area contributed by atoms with E-state index in [2.05, 4.69) is 10.1 Å². The predicted octanol–water partition coefficient (Wildman–Crippen LogP) is 1.03. The molecule has 22 heavy (non-hydrogen) atoms. The summed E-state index contributed by atoms with van der Waals surface area (Å²) in [7, 11) is 0. The number of carbonyl (C=O) groups is 1. The molecule has 1 aliphatic heterocycles. The summed E-state index contributed by atoms with van der Waals surface area (Å²) in [5.74, 6) is 0.908. The highest BCUT2D eigenvalue weighted by Gasteiger charge is 2.20. The summed E-state index contributed by atoms with van der Waals surface area (Å²) in [6.07, 6.45) is 2.19. The maximum absolute atomic E-state index is 12.1. The first kappa shape index (κ1) is 15.1. The molecule has 1 saturated heterocycles. The standard InChI is InChI=1S/C15H18N4O2S/c20-14(18-7-9-21-10-8-18)6-11-22-15-16-12-17-19(15)13-4-2-1-3-5-13/h1-5,12H,6-11H2/p+1. The third kappa shape index (κ3) is 3.66. The van der Waals surface area contributed by atoms with Crippen molar-refractivity contribution in [3.05, 3.63) is 36.7 Å². The van der Waals surface area contributed by atoms with Crippen LogP contribution in [0.15, 0.2) is 41.8 Å². The summed E-state index contributed by atoms with van der Waals surface area (Å²) in [6, 6.07) is 9.98. The van der Waals surface area contributed by atoms with Crippen molar-refractivity contribution in [2.24, 2.45) is 0 Å². The molecule has 7 heteroatoms. The number of aromatic nitrogens is 3. The van der Waals surface area contributed by atoms with Gasteiger partial charge < -0.3 is 9.64 Å². The second-order valence-corrected chi connectivity index (χ2v) is 5.99. The molecule has 1 N–H and O–H groups in total. The lowest BCUT2D eigenvalue weighted by Crippen LogP contribution is -2.40. The van der Waals surface area contributed by atoms with Gasteiger partial charge in [-0.05, 0) is 28.9 Å². The first-order valence-electron chi connectivity index (χ1n) is 7.34. The van der Waals surface area contributed by atoms with Gasteiger partial charge >= 0.3 is 5.16 Å². The Labute approximate surface area is 133 Å². The largest absolute Gasteiger partial charge is 0.385 e. The van der Waals surface area contributed by atoms with Gasteiger partial charge in [0.1, 0.15) is 0 Å². The van der Waals surface area contributed by atoms with Gasteiger partial charge in [0.25, 0.3) is 0 Å². The van der Waals surface area contributed by atoms with E-state index in [4.69, 9.17) is 4.74 Å². The number of H-pyrrole nitrogens is 1. The van der Waals surface area contributed by atoms with Gasteiger partial charge in [-0.2, -0.15) is 5.10 Å². The van der Waals surface area contributed by atoms with Gasteiger partial charge in [0.15, 0.2) is 5.69 Å². The number of nitrogens with zero attached hydrogens (tertiary/aromatic N) is 3. The summed E-state index contributed by atoms with van der Waals surface area (Å²) in [5.41, 5.74) is 1.03. The van der Waals surface area contributed by atoms with E-state index in [1.807, 2.05) is 39.9 Å². The summed E-state index contributed by atoms with van der Waals surface area (Å²) in [4.78, 5) is 18.3. The maximum atomic E-state index is 12.1. The lowest BCUT2D eigenvalue weighted by Gasteiger charge is -2.26. The van der Waals surface area contributed by atoms with Gasteiger partial charge in [0.05, 0.1) is 13.2 Å². The van der Waals surface area contributed by atoms with E-state index < -0.39 is 0 Å². The van der Waals surface area contributed by atoms with E-state index in [9.17, 15) is 4.79 Å². The van der Waals surface area contributed by atoms with Gasteiger partial charge in [-0.15, -0.1) is 4.68 Å². The molecule has 0 unspecified atom stereocenters. The topological polar surface area (TPSA) is 62.1 Å². The number of carbonyl (C=O) groups excluding carboxylic acids is 1. The lowest BCUT2D eigenvalue weighted by molar-refractivity contribution is -0.694. The summed E-state index contributed by atoms with van der Waals surface area (Å²) >= 11 is 1.58. The Morgan fingerprint density at radius 3 is 2.86 bits per heavy atom. The van der Waals surface area contributed by atoms with Crippen LogP contribution < -0.4 is 4.68 Å². The van der Waals surface area contributed by atoms with Gasteiger partial charge in [0.2, 0.25) is 12.2 Å². The molecular formula is C15H19N4O2S+. The van der Waals surface area contributed by atoms with Crippen LogP contribution in [0.3, 0.4) is 0 Å². The molecule has 2 heterocycles. The van der Waals surface area contributed by atoms with Crippen LogP contribution in [0.1, 0.15) is 6.42 Å². The Morgan fingerprint density at radius 2 is 2.09 bits per heavy atom. The molecule has 0 atom stereocenters. The third-order valence-corrected chi connectivity index (χ3v) is 4.43. The SMILES string of the molecule is O=C(CCSc1nc[nH][n+]1-c1ccccc1)N1CCOCC1. The number of benzene rings is 1. The number of nitrogens with one attached hydrogen (secondary N) is 1. The van der Waals surface area contributed by atoms with E-state index in [0.717, 1.165) is 10.8 Å². The molecule has 1 fully saturated rings. The number of aromatic amines is 1. The number of amides is 1. The highest BCUT2D eigenvalue weighted by molar-refractivity contribution is 7.99. The van der Waals surface area contributed by atoms with Crippen molar-refractivity contribution in [2.45, 2.75) is 11.6 Å². The van der Waals surface area contributed by atoms with Crippen LogP contribution in [0, 0.1) is 0 Å². The average molecular weight is 319 g/mol. The molecule has 0 aliphatic carbocycles. The number of hydrogen-bond donors (Lipinski definition) is 1. The molecule has 0 saturated carbocycles. The zero-order valence-corrected chi connectivity index (χ0v) is 13.1. The number of hydrogen-bond acceptors (Lipinski definition) is 4. The minimum Gasteiger partial charge on any atom is -0.378 e. The predicted molar refractivity (Wildman–Crippen MR) is 82.9 cm³/mol. The summed E-state index contributed by atoms with van der Waals surface area (Å²) in [6.45, 7) is 2.70. The molecule has 0 radical (unpaired) electrons. The summed E-state index contributed by atoms with van der Waals surface area (Å²) < 4.78 is 7.18. The molecule has 6 nitrogen and oxygen atoms in total. The van der Waals surface area contributed by atoms with Crippen molar-refractivity contribution in [1.29, 1.82) is 0 Å². The quantitative estimate of drug-likeness (QED) is 0.660. The van der Waals surface area contributed by atoms with Crippen molar-refractivity contribution in [3.63, 3.8) is 0 Å². The number of ether oxygens (including phenoxy) is 1. The fourth-order valence-electron chi connectivity index (χ4n) is 2.32. The van der Waals surface area contributed by atoms with Gasteiger partial charge in [-0.3, -0.25) is 4.79 Å². The number of thioether (sulfide) groups is 1. The molecule has 1 aromatic heterocycles. The zero-order valence-electron chi connectivity index (χ0n) is 12.3.